The van der Waals surface area contributed by atoms with Crippen LogP contribution < -0.4 is 20.1 Å². The van der Waals surface area contributed by atoms with Crippen LogP contribution in [0.1, 0.15) is 27.8 Å². The molecule has 0 spiro atoms. The minimum absolute atomic E-state index is 0.0969. The Morgan fingerprint density at radius 2 is 1.77 bits per heavy atom. The second kappa shape index (κ2) is 8.62. The molecule has 0 saturated heterocycles. The van der Waals surface area contributed by atoms with Crippen molar-refractivity contribution in [2.24, 2.45) is 0 Å². The van der Waals surface area contributed by atoms with Gasteiger partial charge >= 0.3 is 5.97 Å². The molecule has 0 aliphatic carbocycles. The zero-order valence-corrected chi connectivity index (χ0v) is 16.4. The molecule has 0 saturated carbocycles. The highest BCUT2D eigenvalue weighted by atomic mass is 16.7. The smallest absolute Gasteiger partial charge is 0.341 e. The standard InChI is InChI=1S/C22H18N2O7/c1-13(20(25)23-14-8-9-17-19(11-14)30-12-29-17)31-22(27)15-5-2-3-6-16(15)24-21(26)18-7-4-10-28-18/h2-11,13H,12H2,1H3,(H,23,25)(H,24,26). The van der Waals surface area contributed by atoms with E-state index in [1.165, 1.54) is 25.3 Å². The van der Waals surface area contributed by atoms with Gasteiger partial charge in [-0.15, -0.1) is 0 Å². The first-order chi connectivity index (χ1) is 15.0. The van der Waals surface area contributed by atoms with Crippen molar-refractivity contribution in [2.45, 2.75) is 13.0 Å². The largest absolute Gasteiger partial charge is 0.459 e. The van der Waals surface area contributed by atoms with Gasteiger partial charge in [0, 0.05) is 11.8 Å². The number of fused-ring (bicyclic) bond motifs is 1. The summed E-state index contributed by atoms with van der Waals surface area (Å²) >= 11 is 0. The van der Waals surface area contributed by atoms with Gasteiger partial charge in [-0.3, -0.25) is 9.59 Å². The lowest BCUT2D eigenvalue weighted by Crippen LogP contribution is -2.30. The lowest BCUT2D eigenvalue weighted by atomic mass is 10.1. The van der Waals surface area contributed by atoms with E-state index >= 15 is 0 Å². The Kier molecular flexibility index (Phi) is 5.57. The van der Waals surface area contributed by atoms with E-state index in [2.05, 4.69) is 10.6 Å². The number of anilines is 2. The number of rotatable bonds is 6. The van der Waals surface area contributed by atoms with Crippen molar-refractivity contribution in [3.05, 3.63) is 72.2 Å². The maximum absolute atomic E-state index is 12.6. The number of esters is 1. The number of amides is 2. The summed E-state index contributed by atoms with van der Waals surface area (Å²) in [6.45, 7) is 1.57. The molecule has 2 N–H and O–H groups in total. The molecule has 31 heavy (non-hydrogen) atoms. The summed E-state index contributed by atoms with van der Waals surface area (Å²) < 4.78 is 20.8. The third-order valence-electron chi connectivity index (χ3n) is 4.43. The van der Waals surface area contributed by atoms with E-state index < -0.39 is 23.9 Å². The maximum Gasteiger partial charge on any atom is 0.341 e. The molecule has 0 radical (unpaired) electrons. The highest BCUT2D eigenvalue weighted by molar-refractivity contribution is 6.07. The zero-order valence-electron chi connectivity index (χ0n) is 16.4. The predicted octanol–water partition coefficient (Wildman–Crippen LogP) is 3.44. The Balaban J connectivity index is 1.40. The van der Waals surface area contributed by atoms with Gasteiger partial charge in [-0.2, -0.15) is 0 Å². The third kappa shape index (κ3) is 4.50. The molecule has 4 rings (SSSR count). The highest BCUT2D eigenvalue weighted by Crippen LogP contribution is 2.34. The van der Waals surface area contributed by atoms with Gasteiger partial charge in [0.05, 0.1) is 17.5 Å². The Bertz CT molecular complexity index is 1120. The van der Waals surface area contributed by atoms with E-state index in [0.717, 1.165) is 0 Å². The van der Waals surface area contributed by atoms with Crippen molar-refractivity contribution in [3.8, 4) is 11.5 Å². The molecule has 3 aromatic rings. The molecule has 158 valence electrons. The number of carbonyl (C=O) groups excluding carboxylic acids is 3. The number of ether oxygens (including phenoxy) is 3. The van der Waals surface area contributed by atoms with E-state index in [1.807, 2.05) is 0 Å². The summed E-state index contributed by atoms with van der Waals surface area (Å²) in [5.41, 5.74) is 0.811. The van der Waals surface area contributed by atoms with Crippen molar-refractivity contribution in [3.63, 3.8) is 0 Å². The molecule has 1 unspecified atom stereocenters. The van der Waals surface area contributed by atoms with Crippen LogP contribution in [0.5, 0.6) is 11.5 Å². The Labute approximate surface area is 176 Å². The number of para-hydroxylation sites is 1. The molecule has 1 aromatic heterocycles. The van der Waals surface area contributed by atoms with Crippen LogP contribution in [-0.4, -0.2) is 30.7 Å². The molecule has 1 aliphatic rings. The Morgan fingerprint density at radius 1 is 0.968 bits per heavy atom. The maximum atomic E-state index is 12.6. The number of carbonyl (C=O) groups is 3. The molecule has 9 nitrogen and oxygen atoms in total. The van der Waals surface area contributed by atoms with Crippen molar-refractivity contribution >= 4 is 29.2 Å². The average molecular weight is 422 g/mol. The number of hydrogen-bond donors (Lipinski definition) is 2. The van der Waals surface area contributed by atoms with Gasteiger partial charge in [-0.05, 0) is 43.3 Å². The van der Waals surface area contributed by atoms with Crippen molar-refractivity contribution in [2.75, 3.05) is 17.4 Å². The quantitative estimate of drug-likeness (QED) is 0.585. The normalized spacial score (nSPS) is 12.7. The molecule has 0 bridgehead atoms. The van der Waals surface area contributed by atoms with Crippen LogP contribution in [0.15, 0.2) is 65.3 Å². The first-order valence-electron chi connectivity index (χ1n) is 9.36. The summed E-state index contributed by atoms with van der Waals surface area (Å²) in [6, 6.07) is 14.3. The molecule has 2 amide bonds. The molecule has 1 aliphatic heterocycles. The summed E-state index contributed by atoms with van der Waals surface area (Å²) in [7, 11) is 0. The van der Waals surface area contributed by atoms with Gasteiger partial charge in [0.1, 0.15) is 0 Å². The lowest BCUT2D eigenvalue weighted by Gasteiger charge is -2.15. The van der Waals surface area contributed by atoms with Crippen LogP contribution in [0.4, 0.5) is 11.4 Å². The second-order valence-electron chi connectivity index (χ2n) is 6.58. The van der Waals surface area contributed by atoms with Gasteiger partial charge in [-0.25, -0.2) is 4.79 Å². The van der Waals surface area contributed by atoms with Crippen LogP contribution in [-0.2, 0) is 9.53 Å². The van der Waals surface area contributed by atoms with Gasteiger partial charge < -0.3 is 29.3 Å². The summed E-state index contributed by atoms with van der Waals surface area (Å²) in [6.07, 6.45) is 0.280. The van der Waals surface area contributed by atoms with Gasteiger partial charge in [0.15, 0.2) is 23.4 Å². The van der Waals surface area contributed by atoms with Crippen molar-refractivity contribution in [1.29, 1.82) is 0 Å². The van der Waals surface area contributed by atoms with Crippen LogP contribution in [0.25, 0.3) is 0 Å². The van der Waals surface area contributed by atoms with E-state index in [0.29, 0.717) is 17.2 Å². The average Bonchev–Trinajstić information content (AvgIpc) is 3.45. The number of hydrogen-bond acceptors (Lipinski definition) is 7. The molecule has 2 heterocycles. The van der Waals surface area contributed by atoms with E-state index in [-0.39, 0.29) is 23.8 Å². The molecule has 2 aromatic carbocycles. The van der Waals surface area contributed by atoms with Crippen molar-refractivity contribution in [1.82, 2.24) is 0 Å². The molecule has 1 atom stereocenters. The summed E-state index contributed by atoms with van der Waals surface area (Å²) in [4.78, 5) is 37.3. The summed E-state index contributed by atoms with van der Waals surface area (Å²) in [5, 5.41) is 5.26. The topological polar surface area (TPSA) is 116 Å². The molecule has 0 fully saturated rings. The predicted molar refractivity (Wildman–Crippen MR) is 109 cm³/mol. The minimum Gasteiger partial charge on any atom is -0.459 e. The number of furan rings is 1. The van der Waals surface area contributed by atoms with Crippen LogP contribution in [0, 0.1) is 0 Å². The molecular weight excluding hydrogens is 404 g/mol. The fourth-order valence-corrected chi connectivity index (χ4v) is 2.86. The van der Waals surface area contributed by atoms with Crippen molar-refractivity contribution < 1.29 is 33.0 Å². The highest BCUT2D eigenvalue weighted by Gasteiger charge is 2.23. The first kappa shape index (κ1) is 20.0. The second-order valence-corrected chi connectivity index (χ2v) is 6.58. The molecule has 9 heteroatoms. The SMILES string of the molecule is CC(OC(=O)c1ccccc1NC(=O)c1ccco1)C(=O)Nc1ccc2c(c1)OCO2. The number of benzene rings is 2. The van der Waals surface area contributed by atoms with Gasteiger partial charge in [0.2, 0.25) is 6.79 Å². The van der Waals surface area contributed by atoms with Crippen LogP contribution in [0.3, 0.4) is 0 Å². The monoisotopic (exact) mass is 422 g/mol. The van der Waals surface area contributed by atoms with Crippen LogP contribution >= 0.6 is 0 Å². The zero-order chi connectivity index (χ0) is 21.8. The lowest BCUT2D eigenvalue weighted by molar-refractivity contribution is -0.123. The van der Waals surface area contributed by atoms with Crippen LogP contribution in [0.2, 0.25) is 0 Å². The third-order valence-corrected chi connectivity index (χ3v) is 4.43. The Morgan fingerprint density at radius 3 is 2.58 bits per heavy atom. The van der Waals surface area contributed by atoms with E-state index in [1.54, 1.807) is 42.5 Å². The van der Waals surface area contributed by atoms with E-state index in [9.17, 15) is 14.4 Å². The number of nitrogens with one attached hydrogen (secondary N) is 2. The first-order valence-corrected chi connectivity index (χ1v) is 9.36. The molecular formula is C22H18N2O7. The fraction of sp³-hybridized carbons (Fsp3) is 0.136. The summed E-state index contributed by atoms with van der Waals surface area (Å²) in [5.74, 6) is -0.596. The minimum atomic E-state index is -1.09. The Hall–Kier alpha value is -4.27. The van der Waals surface area contributed by atoms with E-state index in [4.69, 9.17) is 18.6 Å². The van der Waals surface area contributed by atoms with Gasteiger partial charge in [0.25, 0.3) is 11.8 Å². The van der Waals surface area contributed by atoms with Gasteiger partial charge in [-0.1, -0.05) is 12.1 Å². The fourth-order valence-electron chi connectivity index (χ4n) is 2.86.